The van der Waals surface area contributed by atoms with Crippen LogP contribution in [0.25, 0.3) is 5.69 Å². The monoisotopic (exact) mass is 191 g/mol. The molecule has 74 valence electrons. The van der Waals surface area contributed by atoms with Gasteiger partial charge in [-0.15, -0.1) is 0 Å². The lowest BCUT2D eigenvalue weighted by Gasteiger charge is -1.98. The molecule has 2 aromatic heterocycles. The second-order valence-electron chi connectivity index (χ2n) is 3.04. The van der Waals surface area contributed by atoms with E-state index in [4.69, 9.17) is 4.74 Å². The van der Waals surface area contributed by atoms with Gasteiger partial charge in [0.1, 0.15) is 0 Å². The highest BCUT2D eigenvalue weighted by Crippen LogP contribution is 2.05. The number of ether oxygens (including phenoxy) is 1. The number of nitrogens with zero attached hydrogens (tertiary/aromatic N) is 3. The summed E-state index contributed by atoms with van der Waals surface area (Å²) < 4.78 is 8.88. The molecule has 0 saturated heterocycles. The molecule has 0 bridgehead atoms. The first-order chi connectivity index (χ1) is 6.90. The number of aromatic nitrogens is 3. The van der Waals surface area contributed by atoms with Crippen molar-refractivity contribution < 1.29 is 4.74 Å². The number of hydrogen-bond acceptors (Lipinski definition) is 2. The predicted molar refractivity (Wildman–Crippen MR) is 53.4 cm³/mol. The first-order valence-corrected chi connectivity index (χ1v) is 4.55. The standard InChI is InChI=1S/C10H13N3O/c1-14-7-6-13-9-10(8-11-13)12-4-2-3-5-12/h2-5,8-9H,6-7H2,1H3. The first-order valence-electron chi connectivity index (χ1n) is 4.55. The fourth-order valence-corrected chi connectivity index (χ4v) is 1.30. The van der Waals surface area contributed by atoms with Crippen LogP contribution in [-0.4, -0.2) is 28.1 Å². The van der Waals surface area contributed by atoms with Crippen LogP contribution in [0.5, 0.6) is 0 Å². The Labute approximate surface area is 82.7 Å². The van der Waals surface area contributed by atoms with Gasteiger partial charge in [-0.25, -0.2) is 0 Å². The normalized spacial score (nSPS) is 10.6. The van der Waals surface area contributed by atoms with Gasteiger partial charge in [0.2, 0.25) is 0 Å². The minimum atomic E-state index is 0.687. The largest absolute Gasteiger partial charge is 0.383 e. The van der Waals surface area contributed by atoms with E-state index in [0.29, 0.717) is 6.61 Å². The molecular formula is C10H13N3O. The van der Waals surface area contributed by atoms with Crippen molar-refractivity contribution in [2.24, 2.45) is 0 Å². The summed E-state index contributed by atoms with van der Waals surface area (Å²) in [6.45, 7) is 1.48. The van der Waals surface area contributed by atoms with Crippen molar-refractivity contribution in [1.29, 1.82) is 0 Å². The Bertz CT molecular complexity index is 378. The Morgan fingerprint density at radius 3 is 2.86 bits per heavy atom. The lowest BCUT2D eigenvalue weighted by atomic mass is 10.5. The van der Waals surface area contributed by atoms with E-state index in [0.717, 1.165) is 12.2 Å². The van der Waals surface area contributed by atoms with Gasteiger partial charge in [0.05, 0.1) is 25.0 Å². The first kappa shape index (κ1) is 9.02. The maximum absolute atomic E-state index is 4.98. The van der Waals surface area contributed by atoms with Crippen LogP contribution in [0.15, 0.2) is 36.9 Å². The maximum atomic E-state index is 4.98. The molecule has 4 nitrogen and oxygen atoms in total. The van der Waals surface area contributed by atoms with Gasteiger partial charge in [0, 0.05) is 25.7 Å². The number of methoxy groups -OCH3 is 1. The van der Waals surface area contributed by atoms with Crippen LogP contribution in [-0.2, 0) is 11.3 Å². The molecule has 4 heteroatoms. The molecular weight excluding hydrogens is 178 g/mol. The van der Waals surface area contributed by atoms with Gasteiger partial charge in [-0.1, -0.05) is 0 Å². The zero-order chi connectivity index (χ0) is 9.80. The Hall–Kier alpha value is -1.55. The Morgan fingerprint density at radius 1 is 1.36 bits per heavy atom. The minimum absolute atomic E-state index is 0.687. The molecule has 0 aliphatic heterocycles. The summed E-state index contributed by atoms with van der Waals surface area (Å²) in [5.74, 6) is 0. The molecule has 0 amide bonds. The third-order valence-corrected chi connectivity index (χ3v) is 2.05. The average Bonchev–Trinajstić information content (AvgIpc) is 2.85. The molecule has 0 fully saturated rings. The van der Waals surface area contributed by atoms with Gasteiger partial charge < -0.3 is 9.30 Å². The quantitative estimate of drug-likeness (QED) is 0.730. The van der Waals surface area contributed by atoms with Crippen molar-refractivity contribution in [3.05, 3.63) is 36.9 Å². The van der Waals surface area contributed by atoms with Gasteiger partial charge in [0.25, 0.3) is 0 Å². The SMILES string of the molecule is COCCn1cc(-n2cccc2)cn1. The van der Waals surface area contributed by atoms with Crippen molar-refractivity contribution >= 4 is 0 Å². The highest BCUT2D eigenvalue weighted by Gasteiger charge is 1.98. The molecule has 2 aromatic rings. The second kappa shape index (κ2) is 4.11. The lowest BCUT2D eigenvalue weighted by molar-refractivity contribution is 0.183. The van der Waals surface area contributed by atoms with Gasteiger partial charge >= 0.3 is 0 Å². The summed E-state index contributed by atoms with van der Waals surface area (Å²) in [4.78, 5) is 0. The Balaban J connectivity index is 2.10. The molecule has 0 aliphatic rings. The third-order valence-electron chi connectivity index (χ3n) is 2.05. The van der Waals surface area contributed by atoms with Crippen LogP contribution < -0.4 is 0 Å². The fourth-order valence-electron chi connectivity index (χ4n) is 1.30. The topological polar surface area (TPSA) is 32.0 Å². The van der Waals surface area contributed by atoms with E-state index < -0.39 is 0 Å². The van der Waals surface area contributed by atoms with E-state index in [9.17, 15) is 0 Å². The molecule has 2 heterocycles. The molecule has 0 aliphatic carbocycles. The van der Waals surface area contributed by atoms with E-state index in [-0.39, 0.29) is 0 Å². The average molecular weight is 191 g/mol. The van der Waals surface area contributed by atoms with E-state index in [2.05, 4.69) is 5.10 Å². The summed E-state index contributed by atoms with van der Waals surface area (Å²) in [6.07, 6.45) is 7.84. The molecule has 14 heavy (non-hydrogen) atoms. The van der Waals surface area contributed by atoms with Crippen molar-refractivity contribution in [3.63, 3.8) is 0 Å². The van der Waals surface area contributed by atoms with E-state index >= 15 is 0 Å². The van der Waals surface area contributed by atoms with Crippen LogP contribution in [0.2, 0.25) is 0 Å². The minimum Gasteiger partial charge on any atom is -0.383 e. The van der Waals surface area contributed by atoms with Gasteiger partial charge in [-0.2, -0.15) is 5.10 Å². The molecule has 0 saturated carbocycles. The zero-order valence-corrected chi connectivity index (χ0v) is 8.13. The maximum Gasteiger partial charge on any atom is 0.0833 e. The zero-order valence-electron chi connectivity index (χ0n) is 8.13. The molecule has 0 aromatic carbocycles. The highest BCUT2D eigenvalue weighted by molar-refractivity contribution is 5.26. The van der Waals surface area contributed by atoms with E-state index in [1.807, 2.05) is 46.2 Å². The Morgan fingerprint density at radius 2 is 2.14 bits per heavy atom. The second-order valence-corrected chi connectivity index (χ2v) is 3.04. The van der Waals surface area contributed by atoms with Crippen LogP contribution in [0.3, 0.4) is 0 Å². The molecule has 0 unspecified atom stereocenters. The summed E-state index contributed by atoms with van der Waals surface area (Å²) in [7, 11) is 1.69. The van der Waals surface area contributed by atoms with E-state index in [1.165, 1.54) is 0 Å². The fraction of sp³-hybridized carbons (Fsp3) is 0.300. The van der Waals surface area contributed by atoms with Gasteiger partial charge in [-0.05, 0) is 12.1 Å². The van der Waals surface area contributed by atoms with Crippen molar-refractivity contribution in [2.45, 2.75) is 6.54 Å². The van der Waals surface area contributed by atoms with Crippen LogP contribution in [0.4, 0.5) is 0 Å². The summed E-state index contributed by atoms with van der Waals surface area (Å²) >= 11 is 0. The molecule has 0 N–H and O–H groups in total. The third kappa shape index (κ3) is 1.85. The van der Waals surface area contributed by atoms with Crippen molar-refractivity contribution in [3.8, 4) is 5.69 Å². The number of rotatable bonds is 4. The van der Waals surface area contributed by atoms with Gasteiger partial charge in [-0.3, -0.25) is 4.68 Å². The summed E-state index contributed by atoms with van der Waals surface area (Å²) in [6, 6.07) is 3.99. The van der Waals surface area contributed by atoms with Crippen molar-refractivity contribution in [1.82, 2.24) is 14.3 Å². The van der Waals surface area contributed by atoms with Crippen LogP contribution >= 0.6 is 0 Å². The molecule has 2 rings (SSSR count). The highest BCUT2D eigenvalue weighted by atomic mass is 16.5. The van der Waals surface area contributed by atoms with Crippen LogP contribution in [0.1, 0.15) is 0 Å². The van der Waals surface area contributed by atoms with Crippen molar-refractivity contribution in [2.75, 3.05) is 13.7 Å². The van der Waals surface area contributed by atoms with E-state index in [1.54, 1.807) is 7.11 Å². The molecule has 0 spiro atoms. The lowest BCUT2D eigenvalue weighted by Crippen LogP contribution is -2.03. The Kier molecular flexibility index (Phi) is 2.65. The summed E-state index contributed by atoms with van der Waals surface area (Å²) in [5.41, 5.74) is 1.08. The summed E-state index contributed by atoms with van der Waals surface area (Å²) in [5, 5.41) is 4.23. The van der Waals surface area contributed by atoms with Crippen LogP contribution in [0, 0.1) is 0 Å². The molecule has 0 radical (unpaired) electrons. The predicted octanol–water partition coefficient (Wildman–Crippen LogP) is 1.32. The smallest absolute Gasteiger partial charge is 0.0833 e. The van der Waals surface area contributed by atoms with Gasteiger partial charge in [0.15, 0.2) is 0 Å². The molecule has 0 atom stereocenters. The number of hydrogen-bond donors (Lipinski definition) is 0.